The minimum atomic E-state index is -1.36. The molecule has 18 heavy (non-hydrogen) atoms. The molecule has 1 unspecified atom stereocenters. The van der Waals surface area contributed by atoms with Gasteiger partial charge in [-0.2, -0.15) is 0 Å². The summed E-state index contributed by atoms with van der Waals surface area (Å²) in [7, 11) is 0. The Morgan fingerprint density at radius 2 is 1.89 bits per heavy atom. The molecule has 6 heteroatoms. The Bertz CT molecular complexity index is 400. The Kier molecular flexibility index (Phi) is 5.57. The summed E-state index contributed by atoms with van der Waals surface area (Å²) in [5.41, 5.74) is -0.168. The second kappa shape index (κ2) is 6.50. The zero-order chi connectivity index (χ0) is 13.8. The van der Waals surface area contributed by atoms with Crippen molar-refractivity contribution in [2.24, 2.45) is 0 Å². The predicted octanol–water partition coefficient (Wildman–Crippen LogP) is 4.65. The van der Waals surface area contributed by atoms with Crippen LogP contribution in [-0.4, -0.2) is 21.5 Å². The molecule has 1 aromatic carbocycles. The van der Waals surface area contributed by atoms with Crippen molar-refractivity contribution in [3.63, 3.8) is 0 Å². The normalized spacial score (nSPS) is 19.4. The first-order chi connectivity index (χ1) is 8.36. The van der Waals surface area contributed by atoms with Gasteiger partial charge in [-0.1, -0.05) is 12.1 Å². The lowest BCUT2D eigenvalue weighted by Gasteiger charge is -2.04. The highest BCUT2D eigenvalue weighted by Crippen LogP contribution is 2.59. The van der Waals surface area contributed by atoms with E-state index in [1.54, 1.807) is 0 Å². The molecule has 0 aliphatic heterocycles. The minimum Gasteiger partial charge on any atom is -0.494 e. The van der Waals surface area contributed by atoms with Crippen LogP contribution in [0.1, 0.15) is 24.8 Å². The monoisotopic (exact) mass is 310 g/mol. The molecule has 2 rings (SSSR count). The van der Waals surface area contributed by atoms with E-state index >= 15 is 0 Å². The van der Waals surface area contributed by atoms with Crippen LogP contribution < -0.4 is 4.74 Å². The van der Waals surface area contributed by atoms with Gasteiger partial charge in [-0.3, -0.25) is 0 Å². The largest absolute Gasteiger partial charge is 0.494 e. The van der Waals surface area contributed by atoms with Gasteiger partial charge in [-0.05, 0) is 31.0 Å². The van der Waals surface area contributed by atoms with E-state index in [-0.39, 0.29) is 0 Å². The number of carbonyl (C=O) groups is 1. The maximum Gasteiger partial charge on any atom is 0.401 e. The Hall–Kier alpha value is -0.640. The van der Waals surface area contributed by atoms with Gasteiger partial charge in [-0.25, -0.2) is 4.79 Å². The fourth-order valence-electron chi connectivity index (χ4n) is 1.54. The van der Waals surface area contributed by atoms with E-state index in [9.17, 15) is 0 Å². The summed E-state index contributed by atoms with van der Waals surface area (Å²) in [6, 6.07) is 7.98. The summed E-state index contributed by atoms with van der Waals surface area (Å²) in [5.74, 6) is 1.19. The van der Waals surface area contributed by atoms with E-state index < -0.39 is 9.76 Å². The van der Waals surface area contributed by atoms with E-state index in [0.29, 0.717) is 12.5 Å². The van der Waals surface area contributed by atoms with Gasteiger partial charge in [0, 0.05) is 17.5 Å². The molecule has 0 aromatic heterocycles. The van der Waals surface area contributed by atoms with Gasteiger partial charge in [0.2, 0.25) is 0 Å². The Morgan fingerprint density at radius 1 is 1.44 bits per heavy atom. The number of ether oxygens (including phenoxy) is 1. The highest BCUT2D eigenvalue weighted by molar-refractivity contribution is 6.60. The van der Waals surface area contributed by atoms with Crippen molar-refractivity contribution < 1.29 is 14.6 Å². The third-order valence-electron chi connectivity index (χ3n) is 2.42. The summed E-state index contributed by atoms with van der Waals surface area (Å²) in [4.78, 5) is 8.77. The molecular formula is C12H13Cl3O3. The topological polar surface area (TPSA) is 46.5 Å². The molecule has 1 N–H and O–H groups in total. The maximum absolute atomic E-state index is 8.77. The smallest absolute Gasteiger partial charge is 0.401 e. The number of carboxylic acid groups (broad SMARTS) is 1. The van der Waals surface area contributed by atoms with E-state index in [1.165, 1.54) is 5.56 Å². The van der Waals surface area contributed by atoms with Crippen molar-refractivity contribution in [2.45, 2.75) is 23.6 Å². The average Bonchev–Trinajstić information content (AvgIpc) is 2.88. The first-order valence-corrected chi connectivity index (χ1v) is 6.49. The lowest BCUT2D eigenvalue weighted by atomic mass is 10.1. The molecule has 1 saturated carbocycles. The van der Waals surface area contributed by atoms with Crippen molar-refractivity contribution in [1.29, 1.82) is 0 Å². The van der Waals surface area contributed by atoms with Crippen LogP contribution in [0, 0.1) is 0 Å². The van der Waals surface area contributed by atoms with Gasteiger partial charge in [0.05, 0.1) is 6.61 Å². The van der Waals surface area contributed by atoms with E-state index in [0.717, 1.165) is 12.2 Å². The number of benzene rings is 1. The molecule has 0 saturated heterocycles. The molecule has 0 spiro atoms. The first kappa shape index (κ1) is 15.4. The van der Waals surface area contributed by atoms with Crippen LogP contribution in [0.2, 0.25) is 0 Å². The minimum absolute atomic E-state index is 0.293. The number of rotatable bonds is 3. The standard InChI is InChI=1S/C11H12Cl2O.CHClO2/c1-2-14-9-5-3-8(4-6-9)10-7-11(10,12)13;2-1(3)4/h3-6,10H,2,7H2,1H3;(H,3,4). The summed E-state index contributed by atoms with van der Waals surface area (Å²) in [6.45, 7) is 2.66. The average molecular weight is 312 g/mol. The van der Waals surface area contributed by atoms with Gasteiger partial charge >= 0.3 is 5.43 Å². The van der Waals surface area contributed by atoms with Crippen LogP contribution in [0.4, 0.5) is 4.79 Å². The van der Waals surface area contributed by atoms with Crippen molar-refractivity contribution in [1.82, 2.24) is 0 Å². The van der Waals surface area contributed by atoms with Crippen molar-refractivity contribution in [3.05, 3.63) is 29.8 Å². The van der Waals surface area contributed by atoms with E-state index in [4.69, 9.17) is 37.8 Å². The maximum atomic E-state index is 8.77. The number of alkyl halides is 2. The second-order valence-electron chi connectivity index (χ2n) is 3.77. The second-order valence-corrected chi connectivity index (χ2v) is 5.64. The van der Waals surface area contributed by atoms with E-state index in [2.05, 4.69) is 11.6 Å². The zero-order valence-electron chi connectivity index (χ0n) is 9.70. The number of halogens is 3. The number of hydrogen-bond donors (Lipinski definition) is 1. The molecule has 0 heterocycles. The first-order valence-electron chi connectivity index (χ1n) is 5.36. The van der Waals surface area contributed by atoms with Gasteiger partial charge in [0.15, 0.2) is 0 Å². The van der Waals surface area contributed by atoms with Crippen molar-refractivity contribution in [3.8, 4) is 5.75 Å². The highest BCUT2D eigenvalue weighted by atomic mass is 35.5. The molecule has 1 aromatic rings. The molecule has 1 fully saturated rings. The Morgan fingerprint density at radius 3 is 2.22 bits per heavy atom. The van der Waals surface area contributed by atoms with Crippen LogP contribution in [0.15, 0.2) is 24.3 Å². The number of hydrogen-bond acceptors (Lipinski definition) is 2. The summed E-state index contributed by atoms with van der Waals surface area (Å²) < 4.78 is 4.81. The van der Waals surface area contributed by atoms with E-state index in [1.807, 2.05) is 31.2 Å². The van der Waals surface area contributed by atoms with Crippen molar-refractivity contribution >= 4 is 40.2 Å². The fraction of sp³-hybridized carbons (Fsp3) is 0.417. The molecule has 1 aliphatic rings. The van der Waals surface area contributed by atoms with Gasteiger partial charge in [0.25, 0.3) is 0 Å². The molecular weight excluding hydrogens is 298 g/mol. The summed E-state index contributed by atoms with van der Waals surface area (Å²) in [6.07, 6.45) is 0.851. The summed E-state index contributed by atoms with van der Waals surface area (Å²) >= 11 is 16.1. The van der Waals surface area contributed by atoms with Gasteiger partial charge in [-0.15, -0.1) is 23.2 Å². The highest BCUT2D eigenvalue weighted by Gasteiger charge is 2.52. The van der Waals surface area contributed by atoms with Crippen LogP contribution in [0.3, 0.4) is 0 Å². The Balaban J connectivity index is 0.000000357. The summed E-state index contributed by atoms with van der Waals surface area (Å²) in [5, 5.41) is 7.18. The molecule has 1 atom stereocenters. The molecule has 3 nitrogen and oxygen atoms in total. The Labute approximate surface area is 121 Å². The van der Waals surface area contributed by atoms with Crippen LogP contribution in [0.5, 0.6) is 5.75 Å². The van der Waals surface area contributed by atoms with Gasteiger partial charge < -0.3 is 9.84 Å². The third kappa shape index (κ3) is 4.92. The SMILES string of the molecule is CCOc1ccc(C2CC2(Cl)Cl)cc1.O=C(O)Cl. The third-order valence-corrected chi connectivity index (χ3v) is 3.25. The molecule has 0 amide bonds. The van der Waals surface area contributed by atoms with Gasteiger partial charge in [0.1, 0.15) is 10.1 Å². The quantitative estimate of drug-likeness (QED) is 0.653. The predicted molar refractivity (Wildman–Crippen MR) is 73.3 cm³/mol. The fourth-order valence-corrected chi connectivity index (χ4v) is 2.10. The van der Waals surface area contributed by atoms with Crippen LogP contribution in [0.25, 0.3) is 0 Å². The van der Waals surface area contributed by atoms with Crippen LogP contribution in [-0.2, 0) is 0 Å². The van der Waals surface area contributed by atoms with Crippen molar-refractivity contribution in [2.75, 3.05) is 6.61 Å². The molecule has 0 bridgehead atoms. The molecule has 0 radical (unpaired) electrons. The zero-order valence-corrected chi connectivity index (χ0v) is 12.0. The molecule has 100 valence electrons. The molecule has 1 aliphatic carbocycles. The lowest BCUT2D eigenvalue weighted by molar-refractivity contribution is 0.220. The lowest BCUT2D eigenvalue weighted by Crippen LogP contribution is -1.93. The van der Waals surface area contributed by atoms with Crippen LogP contribution >= 0.6 is 34.8 Å².